The molecule has 6 heteroatoms. The largest absolute Gasteiger partial charge is 0.329 e. The molecule has 114 valence electrons. The maximum absolute atomic E-state index is 13.1. The van der Waals surface area contributed by atoms with Crippen molar-refractivity contribution in [2.24, 2.45) is 11.7 Å². The van der Waals surface area contributed by atoms with Gasteiger partial charge in [-0.1, -0.05) is 26.0 Å². The Kier molecular flexibility index (Phi) is 5.68. The van der Waals surface area contributed by atoms with Gasteiger partial charge in [-0.2, -0.15) is 0 Å². The first-order valence-electron chi connectivity index (χ1n) is 6.62. The highest BCUT2D eigenvalue weighted by Crippen LogP contribution is 2.18. The predicted molar refractivity (Wildman–Crippen MR) is 79.1 cm³/mol. The molecule has 0 aliphatic rings. The van der Waals surface area contributed by atoms with Crippen molar-refractivity contribution in [2.75, 3.05) is 6.54 Å². The molecule has 1 unspecified atom stereocenters. The lowest BCUT2D eigenvalue weighted by Gasteiger charge is -2.30. The van der Waals surface area contributed by atoms with Crippen LogP contribution in [0.4, 0.5) is 4.39 Å². The zero-order valence-electron chi connectivity index (χ0n) is 12.2. The Balaban J connectivity index is 2.83. The Bertz CT molecular complexity index is 546. The zero-order valence-corrected chi connectivity index (χ0v) is 13.0. The van der Waals surface area contributed by atoms with Crippen LogP contribution in [-0.4, -0.2) is 20.5 Å². The molecule has 1 aromatic rings. The maximum atomic E-state index is 13.1. The number of sulfonamides is 1. The van der Waals surface area contributed by atoms with Gasteiger partial charge in [0.25, 0.3) is 0 Å². The number of hydrogen-bond donors (Lipinski definition) is 2. The van der Waals surface area contributed by atoms with E-state index < -0.39 is 21.4 Å². The number of nitrogens with two attached hydrogens (primary N) is 1. The summed E-state index contributed by atoms with van der Waals surface area (Å²) in [5, 5.41) is 0. The van der Waals surface area contributed by atoms with Gasteiger partial charge in [0.15, 0.2) is 0 Å². The van der Waals surface area contributed by atoms with Crippen molar-refractivity contribution >= 4 is 10.0 Å². The lowest BCUT2D eigenvalue weighted by Crippen LogP contribution is -2.52. The molecule has 0 saturated carbocycles. The Morgan fingerprint density at radius 2 is 2.05 bits per heavy atom. The quantitative estimate of drug-likeness (QED) is 0.809. The molecular weight excluding hydrogens is 279 g/mol. The average molecular weight is 302 g/mol. The van der Waals surface area contributed by atoms with E-state index in [2.05, 4.69) is 4.72 Å². The monoisotopic (exact) mass is 302 g/mol. The van der Waals surface area contributed by atoms with E-state index in [9.17, 15) is 12.8 Å². The molecule has 1 atom stereocenters. The van der Waals surface area contributed by atoms with E-state index >= 15 is 0 Å². The minimum Gasteiger partial charge on any atom is -0.329 e. The number of hydrogen-bond acceptors (Lipinski definition) is 3. The van der Waals surface area contributed by atoms with Crippen LogP contribution in [-0.2, 0) is 15.8 Å². The fourth-order valence-corrected chi connectivity index (χ4v) is 3.93. The Hall–Kier alpha value is -0.980. The van der Waals surface area contributed by atoms with Crippen molar-refractivity contribution in [3.8, 4) is 0 Å². The van der Waals surface area contributed by atoms with E-state index in [-0.39, 0.29) is 12.3 Å². The molecule has 0 heterocycles. The van der Waals surface area contributed by atoms with Gasteiger partial charge in [0.05, 0.1) is 5.75 Å². The van der Waals surface area contributed by atoms with E-state index in [1.165, 1.54) is 18.2 Å². The van der Waals surface area contributed by atoms with Gasteiger partial charge in [0, 0.05) is 12.1 Å². The molecule has 0 fully saturated rings. The van der Waals surface area contributed by atoms with Crippen molar-refractivity contribution in [1.29, 1.82) is 0 Å². The summed E-state index contributed by atoms with van der Waals surface area (Å²) in [7, 11) is -3.56. The summed E-state index contributed by atoms with van der Waals surface area (Å²) in [6, 6.07) is 5.59. The second-order valence-corrected chi connectivity index (χ2v) is 7.58. The van der Waals surface area contributed by atoms with Gasteiger partial charge in [-0.25, -0.2) is 17.5 Å². The molecule has 0 radical (unpaired) electrons. The molecule has 3 N–H and O–H groups in total. The summed E-state index contributed by atoms with van der Waals surface area (Å²) >= 11 is 0. The SMILES string of the molecule is CC(C)CC(C)(CN)NS(=O)(=O)Cc1cccc(F)c1. The van der Waals surface area contributed by atoms with Gasteiger partial charge < -0.3 is 5.73 Å². The first-order chi connectivity index (χ1) is 9.16. The fraction of sp³-hybridized carbons (Fsp3) is 0.571. The summed E-state index contributed by atoms with van der Waals surface area (Å²) in [5.41, 5.74) is 5.43. The van der Waals surface area contributed by atoms with E-state index in [0.29, 0.717) is 17.9 Å². The molecule has 0 saturated heterocycles. The Morgan fingerprint density at radius 1 is 1.40 bits per heavy atom. The second-order valence-electron chi connectivity index (χ2n) is 5.85. The molecular formula is C14H23FN2O2S. The molecule has 1 aromatic carbocycles. The summed E-state index contributed by atoms with van der Waals surface area (Å²) < 4.78 is 40.1. The number of nitrogens with one attached hydrogen (secondary N) is 1. The highest BCUT2D eigenvalue weighted by atomic mass is 32.2. The lowest BCUT2D eigenvalue weighted by atomic mass is 9.92. The van der Waals surface area contributed by atoms with E-state index in [4.69, 9.17) is 5.73 Å². The van der Waals surface area contributed by atoms with Crippen molar-refractivity contribution in [1.82, 2.24) is 4.72 Å². The first kappa shape index (κ1) is 17.1. The minimum absolute atomic E-state index is 0.216. The number of halogens is 1. The van der Waals surface area contributed by atoms with Gasteiger partial charge in [0.2, 0.25) is 10.0 Å². The number of rotatable bonds is 7. The highest BCUT2D eigenvalue weighted by molar-refractivity contribution is 7.88. The molecule has 0 aromatic heterocycles. The smallest absolute Gasteiger partial charge is 0.216 e. The molecule has 0 aliphatic heterocycles. The van der Waals surface area contributed by atoms with E-state index in [1.807, 2.05) is 13.8 Å². The molecule has 4 nitrogen and oxygen atoms in total. The van der Waals surface area contributed by atoms with Crippen LogP contribution in [0.2, 0.25) is 0 Å². The van der Waals surface area contributed by atoms with E-state index in [0.717, 1.165) is 0 Å². The van der Waals surface area contributed by atoms with Crippen LogP contribution >= 0.6 is 0 Å². The summed E-state index contributed by atoms with van der Waals surface area (Å²) in [6.45, 7) is 6.02. The van der Waals surface area contributed by atoms with Crippen LogP contribution in [0.15, 0.2) is 24.3 Å². The standard InChI is InChI=1S/C14H23FN2O2S/c1-11(2)8-14(3,10-16)17-20(18,19)9-12-5-4-6-13(15)7-12/h4-7,11,17H,8-10,16H2,1-3H3. The van der Waals surface area contributed by atoms with Crippen LogP contribution in [0.25, 0.3) is 0 Å². The van der Waals surface area contributed by atoms with Crippen LogP contribution in [0.1, 0.15) is 32.8 Å². The van der Waals surface area contributed by atoms with Gasteiger partial charge in [-0.05, 0) is 37.0 Å². The third-order valence-corrected chi connectivity index (χ3v) is 4.47. The lowest BCUT2D eigenvalue weighted by molar-refractivity contribution is 0.344. The third kappa shape index (κ3) is 5.56. The average Bonchev–Trinajstić information content (AvgIpc) is 2.26. The predicted octanol–water partition coefficient (Wildman–Crippen LogP) is 2.01. The molecule has 1 rings (SSSR count). The number of benzene rings is 1. The normalized spacial score (nSPS) is 15.3. The van der Waals surface area contributed by atoms with Gasteiger partial charge in [-0.15, -0.1) is 0 Å². The van der Waals surface area contributed by atoms with Crippen LogP contribution in [0, 0.1) is 11.7 Å². The highest BCUT2D eigenvalue weighted by Gasteiger charge is 2.29. The van der Waals surface area contributed by atoms with Gasteiger partial charge in [-0.3, -0.25) is 0 Å². The van der Waals surface area contributed by atoms with E-state index in [1.54, 1.807) is 13.0 Å². The summed E-state index contributed by atoms with van der Waals surface area (Å²) in [5.74, 6) is -0.375. The molecule has 0 spiro atoms. The first-order valence-corrected chi connectivity index (χ1v) is 8.27. The topological polar surface area (TPSA) is 72.2 Å². The molecule has 20 heavy (non-hydrogen) atoms. The molecule has 0 aliphatic carbocycles. The van der Waals surface area contributed by atoms with Crippen molar-refractivity contribution < 1.29 is 12.8 Å². The Labute approximate surface area is 120 Å². The van der Waals surface area contributed by atoms with Crippen LogP contribution in [0.3, 0.4) is 0 Å². The van der Waals surface area contributed by atoms with Crippen molar-refractivity contribution in [2.45, 2.75) is 38.5 Å². The summed E-state index contributed by atoms with van der Waals surface area (Å²) in [4.78, 5) is 0. The van der Waals surface area contributed by atoms with Crippen LogP contribution in [0.5, 0.6) is 0 Å². The summed E-state index contributed by atoms with van der Waals surface area (Å²) in [6.07, 6.45) is 0.645. The van der Waals surface area contributed by atoms with Gasteiger partial charge in [0.1, 0.15) is 5.82 Å². The fourth-order valence-electron chi connectivity index (χ4n) is 2.33. The second kappa shape index (κ2) is 6.65. The molecule has 0 amide bonds. The van der Waals surface area contributed by atoms with Crippen molar-refractivity contribution in [3.63, 3.8) is 0 Å². The third-order valence-electron chi connectivity index (χ3n) is 2.96. The van der Waals surface area contributed by atoms with Gasteiger partial charge >= 0.3 is 0 Å². The van der Waals surface area contributed by atoms with Crippen LogP contribution < -0.4 is 10.5 Å². The minimum atomic E-state index is -3.56. The zero-order chi connectivity index (χ0) is 15.4. The molecule has 0 bridgehead atoms. The van der Waals surface area contributed by atoms with Crippen molar-refractivity contribution in [3.05, 3.63) is 35.6 Å². The maximum Gasteiger partial charge on any atom is 0.216 e. The Morgan fingerprint density at radius 3 is 2.55 bits per heavy atom.